The monoisotopic (exact) mass is 403 g/mol. The molecule has 1 aromatic heterocycles. The van der Waals surface area contributed by atoms with Crippen LogP contribution in [-0.4, -0.2) is 22.8 Å². The number of nitrogens with one attached hydrogen (secondary N) is 2. The van der Waals surface area contributed by atoms with Gasteiger partial charge in [-0.1, -0.05) is 30.2 Å². The molecule has 0 spiro atoms. The van der Waals surface area contributed by atoms with Crippen LogP contribution in [0.1, 0.15) is 73.8 Å². The molecule has 0 aliphatic heterocycles. The van der Waals surface area contributed by atoms with Crippen LogP contribution in [0.25, 0.3) is 0 Å². The fourth-order valence-electron chi connectivity index (χ4n) is 3.49. The van der Waals surface area contributed by atoms with Crippen molar-refractivity contribution in [1.82, 2.24) is 15.6 Å². The zero-order valence-electron chi connectivity index (χ0n) is 16.6. The molecule has 0 unspecified atom stereocenters. The maximum absolute atomic E-state index is 13.1. The predicted molar refractivity (Wildman–Crippen MR) is 107 cm³/mol. The number of amides is 2. The summed E-state index contributed by atoms with van der Waals surface area (Å²) >= 11 is 5.99. The van der Waals surface area contributed by atoms with Crippen LogP contribution in [0.2, 0.25) is 5.02 Å². The predicted octanol–water partition coefficient (Wildman–Crippen LogP) is 4.07. The first kappa shape index (κ1) is 20.4. The molecule has 28 heavy (non-hydrogen) atoms. The van der Waals surface area contributed by atoms with Gasteiger partial charge in [0.2, 0.25) is 11.8 Å². The van der Waals surface area contributed by atoms with E-state index in [1.165, 1.54) is 0 Å². The topological polar surface area (TPSA) is 84.2 Å². The minimum atomic E-state index is -0.543. The van der Waals surface area contributed by atoms with Gasteiger partial charge in [0.1, 0.15) is 11.8 Å². The molecule has 0 radical (unpaired) electrons. The Morgan fingerprint density at radius 2 is 1.79 bits per heavy atom. The van der Waals surface area contributed by atoms with Gasteiger partial charge in [0.05, 0.1) is 5.41 Å². The molecule has 0 saturated heterocycles. The minimum Gasteiger partial charge on any atom is -0.443 e. The lowest BCUT2D eigenvalue weighted by Gasteiger charge is -2.41. The lowest BCUT2D eigenvalue weighted by Crippen LogP contribution is -2.49. The molecule has 6 nitrogen and oxygen atoms in total. The van der Waals surface area contributed by atoms with Gasteiger partial charge in [-0.25, -0.2) is 4.98 Å². The van der Waals surface area contributed by atoms with Crippen molar-refractivity contribution < 1.29 is 14.0 Å². The number of nitrogens with zero attached hydrogens (tertiary/aromatic N) is 1. The highest BCUT2D eigenvalue weighted by Gasteiger charge is 2.46. The molecule has 1 aliphatic rings. The van der Waals surface area contributed by atoms with Crippen LogP contribution < -0.4 is 10.6 Å². The van der Waals surface area contributed by atoms with Crippen molar-refractivity contribution in [1.29, 1.82) is 0 Å². The quantitative estimate of drug-likeness (QED) is 0.761. The van der Waals surface area contributed by atoms with Crippen LogP contribution >= 0.6 is 11.6 Å². The summed E-state index contributed by atoms with van der Waals surface area (Å²) in [6.45, 7) is 7.26. The van der Waals surface area contributed by atoms with Crippen molar-refractivity contribution in [3.05, 3.63) is 52.2 Å². The number of carbonyl (C=O) groups is 2. The van der Waals surface area contributed by atoms with Crippen LogP contribution in [0.5, 0.6) is 0 Å². The molecule has 1 aromatic carbocycles. The van der Waals surface area contributed by atoms with Gasteiger partial charge in [0.25, 0.3) is 5.91 Å². The Labute approximate surface area is 170 Å². The SMILES string of the molecule is Cc1oc([C@H](C)NC(=O)C2(c3ccc(Cl)cc3)CCC2)nc1C(=O)NC(C)C. The van der Waals surface area contributed by atoms with E-state index in [0.717, 1.165) is 24.8 Å². The molecule has 1 fully saturated rings. The van der Waals surface area contributed by atoms with Gasteiger partial charge in [-0.05, 0) is 58.2 Å². The largest absolute Gasteiger partial charge is 0.443 e. The van der Waals surface area contributed by atoms with E-state index in [0.29, 0.717) is 16.7 Å². The van der Waals surface area contributed by atoms with E-state index >= 15 is 0 Å². The van der Waals surface area contributed by atoms with Crippen molar-refractivity contribution in [3.63, 3.8) is 0 Å². The fourth-order valence-corrected chi connectivity index (χ4v) is 3.61. The van der Waals surface area contributed by atoms with Gasteiger partial charge in [0.15, 0.2) is 5.69 Å². The van der Waals surface area contributed by atoms with Crippen molar-refractivity contribution in [2.24, 2.45) is 0 Å². The Balaban J connectivity index is 1.75. The zero-order valence-corrected chi connectivity index (χ0v) is 17.4. The smallest absolute Gasteiger partial charge is 0.273 e. The number of aromatic nitrogens is 1. The molecular formula is C21H26ClN3O3. The first-order valence-electron chi connectivity index (χ1n) is 9.58. The highest BCUT2D eigenvalue weighted by molar-refractivity contribution is 6.30. The Morgan fingerprint density at radius 3 is 2.32 bits per heavy atom. The number of halogens is 1. The molecule has 7 heteroatoms. The lowest BCUT2D eigenvalue weighted by atomic mass is 9.63. The zero-order chi connectivity index (χ0) is 20.5. The number of aryl methyl sites for hydroxylation is 1. The summed E-state index contributed by atoms with van der Waals surface area (Å²) in [5.41, 5.74) is 0.674. The summed E-state index contributed by atoms with van der Waals surface area (Å²) in [5, 5.41) is 6.46. The van der Waals surface area contributed by atoms with E-state index < -0.39 is 11.5 Å². The van der Waals surface area contributed by atoms with Crippen LogP contribution in [0.15, 0.2) is 28.7 Å². The van der Waals surface area contributed by atoms with Gasteiger partial charge in [-0.15, -0.1) is 0 Å². The molecule has 3 rings (SSSR count). The summed E-state index contributed by atoms with van der Waals surface area (Å²) in [6.07, 6.45) is 2.59. The molecule has 150 valence electrons. The second-order valence-electron chi connectivity index (χ2n) is 7.72. The summed E-state index contributed by atoms with van der Waals surface area (Å²) in [7, 11) is 0. The van der Waals surface area contributed by atoms with Crippen LogP contribution in [0.3, 0.4) is 0 Å². The number of hydrogen-bond acceptors (Lipinski definition) is 4. The highest BCUT2D eigenvalue weighted by Crippen LogP contribution is 2.44. The van der Waals surface area contributed by atoms with Gasteiger partial charge >= 0.3 is 0 Å². The molecule has 1 saturated carbocycles. The van der Waals surface area contributed by atoms with Gasteiger partial charge < -0.3 is 15.1 Å². The summed E-state index contributed by atoms with van der Waals surface area (Å²) in [5.74, 6) is 0.422. The van der Waals surface area contributed by atoms with Crippen LogP contribution in [0.4, 0.5) is 0 Å². The number of hydrogen-bond donors (Lipinski definition) is 2. The van der Waals surface area contributed by atoms with Gasteiger partial charge in [-0.2, -0.15) is 0 Å². The highest BCUT2D eigenvalue weighted by atomic mass is 35.5. The summed E-state index contributed by atoms with van der Waals surface area (Å²) in [4.78, 5) is 29.6. The summed E-state index contributed by atoms with van der Waals surface area (Å²) in [6, 6.07) is 7.00. The molecule has 1 atom stereocenters. The Kier molecular flexibility index (Phi) is 5.79. The van der Waals surface area contributed by atoms with E-state index in [9.17, 15) is 9.59 Å². The van der Waals surface area contributed by atoms with Crippen molar-refractivity contribution in [2.75, 3.05) is 0 Å². The molecule has 2 N–H and O–H groups in total. The van der Waals surface area contributed by atoms with E-state index in [1.54, 1.807) is 6.92 Å². The first-order chi connectivity index (χ1) is 13.2. The van der Waals surface area contributed by atoms with E-state index in [-0.39, 0.29) is 23.6 Å². The Morgan fingerprint density at radius 1 is 1.14 bits per heavy atom. The third-order valence-corrected chi connectivity index (χ3v) is 5.46. The third kappa shape index (κ3) is 3.92. The molecule has 2 amide bonds. The van der Waals surface area contributed by atoms with Crippen molar-refractivity contribution in [2.45, 2.75) is 64.5 Å². The standard InChI is InChI=1S/C21H26ClN3O3/c1-12(2)23-18(26)17-14(4)28-19(25-17)13(3)24-20(27)21(10-5-11-21)15-6-8-16(22)9-7-15/h6-9,12-13H,5,10-11H2,1-4H3,(H,23,26)(H,24,27)/t13-/m0/s1. The maximum Gasteiger partial charge on any atom is 0.273 e. The van der Waals surface area contributed by atoms with Crippen LogP contribution in [-0.2, 0) is 10.2 Å². The molecule has 0 bridgehead atoms. The van der Waals surface area contributed by atoms with Crippen molar-refractivity contribution in [3.8, 4) is 0 Å². The molecular weight excluding hydrogens is 378 g/mol. The third-order valence-electron chi connectivity index (χ3n) is 5.20. The van der Waals surface area contributed by atoms with Gasteiger partial charge in [-0.3, -0.25) is 9.59 Å². The number of rotatable bonds is 6. The summed E-state index contributed by atoms with van der Waals surface area (Å²) < 4.78 is 5.66. The Bertz CT molecular complexity index is 870. The number of benzene rings is 1. The second kappa shape index (κ2) is 7.95. The van der Waals surface area contributed by atoms with Gasteiger partial charge in [0, 0.05) is 11.1 Å². The average molecular weight is 404 g/mol. The molecule has 1 heterocycles. The maximum atomic E-state index is 13.1. The second-order valence-corrected chi connectivity index (χ2v) is 8.16. The fraction of sp³-hybridized carbons (Fsp3) is 0.476. The molecule has 1 aliphatic carbocycles. The Hall–Kier alpha value is -2.34. The van der Waals surface area contributed by atoms with E-state index in [2.05, 4.69) is 15.6 Å². The molecule has 2 aromatic rings. The van der Waals surface area contributed by atoms with E-state index in [4.69, 9.17) is 16.0 Å². The number of oxazole rings is 1. The average Bonchev–Trinajstić information content (AvgIpc) is 2.97. The number of carbonyl (C=O) groups excluding carboxylic acids is 2. The van der Waals surface area contributed by atoms with Crippen LogP contribution in [0, 0.1) is 6.92 Å². The first-order valence-corrected chi connectivity index (χ1v) is 9.96. The minimum absolute atomic E-state index is 0.00188. The normalized spacial score (nSPS) is 16.4. The van der Waals surface area contributed by atoms with Crippen molar-refractivity contribution >= 4 is 23.4 Å². The lowest BCUT2D eigenvalue weighted by molar-refractivity contribution is -0.130. The van der Waals surface area contributed by atoms with E-state index in [1.807, 2.05) is 45.0 Å².